The van der Waals surface area contributed by atoms with Crippen LogP contribution < -0.4 is 0 Å². The number of hydrogen-bond acceptors (Lipinski definition) is 4. The van der Waals surface area contributed by atoms with Crippen LogP contribution in [0.3, 0.4) is 0 Å². The number of carboxylic acids is 2. The number of aliphatic hydroxyl groups is 1. The van der Waals surface area contributed by atoms with Gasteiger partial charge in [-0.2, -0.15) is 0 Å². The summed E-state index contributed by atoms with van der Waals surface area (Å²) in [7, 11) is 0. The lowest BCUT2D eigenvalue weighted by atomic mass is 10.0. The summed E-state index contributed by atoms with van der Waals surface area (Å²) in [6.45, 7) is 0. The number of ketones is 1. The van der Waals surface area contributed by atoms with Gasteiger partial charge in [0, 0.05) is 17.4 Å². The average molecular weight is 384 g/mol. The number of aliphatic hydroxyl groups excluding tert-OH is 1. The van der Waals surface area contributed by atoms with Gasteiger partial charge in [-0.3, -0.25) is 4.79 Å². The standard InChI is InChI=1S/C11H7FO2.C10H10O4/c12-10-6-5-9(11(13)14)7-3-1-2-4-8(7)10;11-8(6-9(12)10(13)14)7-4-2-1-3-5-7/h1-6H,(H,13,14);1-5,9,12H,6H2,(H,13,14). The highest BCUT2D eigenvalue weighted by atomic mass is 19.1. The third kappa shape index (κ3) is 5.21. The van der Waals surface area contributed by atoms with Crippen molar-refractivity contribution in [3.8, 4) is 0 Å². The van der Waals surface area contributed by atoms with Gasteiger partial charge in [0.05, 0.1) is 5.56 Å². The Bertz CT molecular complexity index is 1000. The van der Waals surface area contributed by atoms with Crippen LogP contribution in [-0.2, 0) is 4.79 Å². The zero-order valence-electron chi connectivity index (χ0n) is 14.6. The number of Topliss-reactive ketones (excluding diaryl/α,β-unsaturated/α-hetero) is 1. The lowest BCUT2D eigenvalue weighted by molar-refractivity contribution is -0.146. The summed E-state index contributed by atoms with van der Waals surface area (Å²) in [4.78, 5) is 32.4. The Balaban J connectivity index is 0.000000200. The topological polar surface area (TPSA) is 112 Å². The second-order valence-electron chi connectivity index (χ2n) is 5.79. The minimum absolute atomic E-state index is 0.127. The fourth-order valence-corrected chi connectivity index (χ4v) is 2.45. The number of aliphatic carboxylic acids is 1. The number of carbonyl (C=O) groups excluding carboxylic acids is 1. The van der Waals surface area contributed by atoms with Gasteiger partial charge in [0.1, 0.15) is 5.82 Å². The van der Waals surface area contributed by atoms with Crippen molar-refractivity contribution < 1.29 is 34.1 Å². The number of fused-ring (bicyclic) bond motifs is 1. The summed E-state index contributed by atoms with van der Waals surface area (Å²) in [5, 5.41) is 26.9. The molecule has 7 heteroatoms. The Labute approximate surface area is 159 Å². The molecular weight excluding hydrogens is 367 g/mol. The fraction of sp³-hybridized carbons (Fsp3) is 0.0952. The Kier molecular flexibility index (Phi) is 6.95. The molecule has 0 spiro atoms. The molecule has 0 fully saturated rings. The predicted molar refractivity (Wildman–Crippen MR) is 99.9 cm³/mol. The second-order valence-corrected chi connectivity index (χ2v) is 5.79. The molecule has 3 aromatic carbocycles. The molecule has 0 aliphatic heterocycles. The number of halogens is 1. The van der Waals surface area contributed by atoms with Crippen LogP contribution in [0.25, 0.3) is 10.8 Å². The Morgan fingerprint density at radius 1 is 0.821 bits per heavy atom. The van der Waals surface area contributed by atoms with E-state index in [1.54, 1.807) is 54.6 Å². The first-order valence-corrected chi connectivity index (χ1v) is 8.21. The lowest BCUT2D eigenvalue weighted by Crippen LogP contribution is -2.23. The molecule has 3 N–H and O–H groups in total. The summed E-state index contributed by atoms with van der Waals surface area (Å²) in [6.07, 6.45) is -2.01. The molecule has 28 heavy (non-hydrogen) atoms. The van der Waals surface area contributed by atoms with Crippen molar-refractivity contribution in [2.45, 2.75) is 12.5 Å². The van der Waals surface area contributed by atoms with E-state index in [2.05, 4.69) is 0 Å². The number of benzene rings is 3. The van der Waals surface area contributed by atoms with Crippen LogP contribution in [0.1, 0.15) is 27.1 Å². The van der Waals surface area contributed by atoms with E-state index in [-0.39, 0.29) is 17.8 Å². The first-order valence-electron chi connectivity index (χ1n) is 8.21. The molecule has 0 saturated carbocycles. The maximum absolute atomic E-state index is 13.2. The number of rotatable bonds is 5. The highest BCUT2D eigenvalue weighted by Gasteiger charge is 2.18. The largest absolute Gasteiger partial charge is 0.479 e. The predicted octanol–water partition coefficient (Wildman–Crippen LogP) is 3.38. The lowest BCUT2D eigenvalue weighted by Gasteiger charge is -2.03. The molecule has 0 heterocycles. The Morgan fingerprint density at radius 2 is 1.39 bits per heavy atom. The minimum Gasteiger partial charge on any atom is -0.479 e. The molecule has 144 valence electrons. The molecular formula is C21H17FO6. The van der Waals surface area contributed by atoms with Crippen LogP contribution >= 0.6 is 0 Å². The number of carbonyl (C=O) groups is 3. The molecule has 1 atom stereocenters. The zero-order chi connectivity index (χ0) is 20.7. The normalized spacial score (nSPS) is 11.2. The van der Waals surface area contributed by atoms with E-state index in [4.69, 9.17) is 15.3 Å². The van der Waals surface area contributed by atoms with Crippen LogP contribution in [0.15, 0.2) is 66.7 Å². The molecule has 0 amide bonds. The van der Waals surface area contributed by atoms with E-state index >= 15 is 0 Å². The van der Waals surface area contributed by atoms with Gasteiger partial charge in [0.25, 0.3) is 0 Å². The first kappa shape index (κ1) is 20.7. The average Bonchev–Trinajstić information content (AvgIpc) is 2.69. The fourth-order valence-electron chi connectivity index (χ4n) is 2.45. The molecule has 6 nitrogen and oxygen atoms in total. The molecule has 0 aliphatic rings. The molecule has 0 aliphatic carbocycles. The van der Waals surface area contributed by atoms with E-state index in [1.807, 2.05) is 0 Å². The Morgan fingerprint density at radius 3 is 1.96 bits per heavy atom. The second kappa shape index (κ2) is 9.38. The van der Waals surface area contributed by atoms with Gasteiger partial charge >= 0.3 is 11.9 Å². The SMILES string of the molecule is O=C(CC(O)C(=O)O)c1ccccc1.O=C(O)c1ccc(F)c2ccccc12. The van der Waals surface area contributed by atoms with Crippen LogP contribution in [-0.4, -0.2) is 39.1 Å². The monoisotopic (exact) mass is 384 g/mol. The van der Waals surface area contributed by atoms with Crippen LogP contribution in [0, 0.1) is 5.82 Å². The highest BCUT2D eigenvalue weighted by Crippen LogP contribution is 2.21. The number of aromatic carboxylic acids is 1. The van der Waals surface area contributed by atoms with Crippen molar-refractivity contribution >= 4 is 28.5 Å². The van der Waals surface area contributed by atoms with Crippen molar-refractivity contribution in [2.75, 3.05) is 0 Å². The molecule has 3 rings (SSSR count). The molecule has 0 aromatic heterocycles. The summed E-state index contributed by atoms with van der Waals surface area (Å²) in [5.41, 5.74) is 0.537. The molecule has 1 unspecified atom stereocenters. The minimum atomic E-state index is -1.62. The quantitative estimate of drug-likeness (QED) is 0.582. The van der Waals surface area contributed by atoms with Gasteiger partial charge in [0.2, 0.25) is 0 Å². The van der Waals surface area contributed by atoms with Crippen molar-refractivity contribution in [3.63, 3.8) is 0 Å². The van der Waals surface area contributed by atoms with Gasteiger partial charge in [-0.25, -0.2) is 14.0 Å². The molecule has 0 radical (unpaired) electrons. The van der Waals surface area contributed by atoms with Gasteiger partial charge < -0.3 is 15.3 Å². The van der Waals surface area contributed by atoms with E-state index in [0.29, 0.717) is 16.3 Å². The maximum Gasteiger partial charge on any atom is 0.336 e. The summed E-state index contributed by atoms with van der Waals surface area (Å²) in [5.74, 6) is -3.19. The smallest absolute Gasteiger partial charge is 0.336 e. The number of hydrogen-bond donors (Lipinski definition) is 3. The highest BCUT2D eigenvalue weighted by molar-refractivity contribution is 6.03. The molecule has 0 bridgehead atoms. The summed E-state index contributed by atoms with van der Waals surface area (Å²) < 4.78 is 13.2. The van der Waals surface area contributed by atoms with Gasteiger partial charge in [-0.05, 0) is 17.5 Å². The summed E-state index contributed by atoms with van der Waals surface area (Å²) >= 11 is 0. The van der Waals surface area contributed by atoms with Crippen LogP contribution in [0.5, 0.6) is 0 Å². The van der Waals surface area contributed by atoms with Crippen molar-refractivity contribution in [2.24, 2.45) is 0 Å². The Hall–Kier alpha value is -3.58. The van der Waals surface area contributed by atoms with E-state index in [0.717, 1.165) is 0 Å². The summed E-state index contributed by atoms with van der Waals surface area (Å²) in [6, 6.07) is 17.3. The maximum atomic E-state index is 13.2. The third-order valence-electron chi connectivity index (χ3n) is 3.86. The van der Waals surface area contributed by atoms with Crippen molar-refractivity contribution in [3.05, 3.63) is 83.7 Å². The van der Waals surface area contributed by atoms with Gasteiger partial charge in [-0.1, -0.05) is 54.6 Å². The van der Waals surface area contributed by atoms with Crippen molar-refractivity contribution in [1.29, 1.82) is 0 Å². The van der Waals surface area contributed by atoms with Gasteiger partial charge in [-0.15, -0.1) is 0 Å². The zero-order valence-corrected chi connectivity index (χ0v) is 14.6. The number of carboxylic acid groups (broad SMARTS) is 2. The van der Waals surface area contributed by atoms with E-state index in [1.165, 1.54) is 12.1 Å². The van der Waals surface area contributed by atoms with E-state index < -0.39 is 23.9 Å². The van der Waals surface area contributed by atoms with Crippen LogP contribution in [0.2, 0.25) is 0 Å². The molecule has 3 aromatic rings. The first-order chi connectivity index (χ1) is 13.3. The third-order valence-corrected chi connectivity index (χ3v) is 3.86. The van der Waals surface area contributed by atoms with Crippen LogP contribution in [0.4, 0.5) is 4.39 Å². The van der Waals surface area contributed by atoms with Gasteiger partial charge in [0.15, 0.2) is 11.9 Å². The van der Waals surface area contributed by atoms with Crippen molar-refractivity contribution in [1.82, 2.24) is 0 Å². The van der Waals surface area contributed by atoms with E-state index in [9.17, 15) is 18.8 Å². The molecule has 0 saturated heterocycles.